The maximum absolute atomic E-state index is 11.5. The van der Waals surface area contributed by atoms with Gasteiger partial charge in [0, 0.05) is 6.54 Å². The Labute approximate surface area is 84.8 Å². The van der Waals surface area contributed by atoms with Gasteiger partial charge >= 0.3 is 6.09 Å². The number of hydrogen-bond donors (Lipinski definition) is 1. The molecular weight excluding hydrogens is 182 g/mol. The Morgan fingerprint density at radius 3 is 2.93 bits per heavy atom. The molecule has 0 bridgehead atoms. The third-order valence-corrected chi connectivity index (χ3v) is 2.59. The van der Waals surface area contributed by atoms with Crippen molar-refractivity contribution in [2.24, 2.45) is 0 Å². The van der Waals surface area contributed by atoms with Crippen molar-refractivity contribution in [3.05, 3.63) is 0 Å². The predicted octanol–water partition coefficient (Wildman–Crippen LogP) is 1.38. The fraction of sp³-hybridized carbons (Fsp3) is 0.900. The van der Waals surface area contributed by atoms with Gasteiger partial charge in [0.2, 0.25) is 0 Å². The van der Waals surface area contributed by atoms with Crippen molar-refractivity contribution >= 4 is 6.09 Å². The molecule has 0 spiro atoms. The molecule has 1 N–H and O–H groups in total. The lowest BCUT2D eigenvalue weighted by molar-refractivity contribution is 0.0733. The van der Waals surface area contributed by atoms with Crippen LogP contribution in [0.2, 0.25) is 0 Å². The molecule has 1 aliphatic rings. The van der Waals surface area contributed by atoms with Crippen LogP contribution in [0.3, 0.4) is 0 Å². The number of rotatable bonds is 2. The van der Waals surface area contributed by atoms with Crippen molar-refractivity contribution in [2.45, 2.75) is 38.6 Å². The quantitative estimate of drug-likeness (QED) is 0.734. The first-order chi connectivity index (χ1) is 6.79. The van der Waals surface area contributed by atoms with Crippen LogP contribution < -0.4 is 0 Å². The van der Waals surface area contributed by atoms with Crippen molar-refractivity contribution < 1.29 is 14.6 Å². The fourth-order valence-electron chi connectivity index (χ4n) is 1.81. The molecule has 0 aromatic heterocycles. The lowest BCUT2D eigenvalue weighted by Gasteiger charge is -2.27. The van der Waals surface area contributed by atoms with Gasteiger partial charge in [-0.25, -0.2) is 4.79 Å². The van der Waals surface area contributed by atoms with Gasteiger partial charge in [-0.1, -0.05) is 12.8 Å². The zero-order valence-electron chi connectivity index (χ0n) is 8.74. The normalized spacial score (nSPS) is 23.0. The van der Waals surface area contributed by atoms with Gasteiger partial charge in [0.05, 0.1) is 19.3 Å². The van der Waals surface area contributed by atoms with Gasteiger partial charge in [0.25, 0.3) is 0 Å². The first-order valence-electron chi connectivity index (χ1n) is 5.33. The van der Waals surface area contributed by atoms with Crippen molar-refractivity contribution in [1.29, 1.82) is 0 Å². The van der Waals surface area contributed by atoms with Crippen LogP contribution in [0.1, 0.15) is 32.6 Å². The lowest BCUT2D eigenvalue weighted by atomic mass is 10.1. The highest BCUT2D eigenvalue weighted by Crippen LogP contribution is 2.17. The number of carbonyl (C=O) groups excluding carboxylic acids is 1. The number of amides is 1. The molecule has 1 saturated heterocycles. The van der Waals surface area contributed by atoms with E-state index >= 15 is 0 Å². The first-order valence-corrected chi connectivity index (χ1v) is 5.33. The van der Waals surface area contributed by atoms with Crippen LogP contribution >= 0.6 is 0 Å². The molecule has 14 heavy (non-hydrogen) atoms. The minimum atomic E-state index is -0.284. The lowest BCUT2D eigenvalue weighted by Crippen LogP contribution is -2.42. The standard InChI is InChI=1S/C10H19NO3/c1-2-14-10(13)11-7-5-3-4-6-9(11)8-12/h9,12H,2-8H2,1H3. The highest BCUT2D eigenvalue weighted by atomic mass is 16.6. The maximum atomic E-state index is 11.5. The summed E-state index contributed by atoms with van der Waals surface area (Å²) in [5, 5.41) is 9.15. The van der Waals surface area contributed by atoms with E-state index in [1.807, 2.05) is 0 Å². The average molecular weight is 201 g/mol. The number of nitrogens with zero attached hydrogens (tertiary/aromatic N) is 1. The molecule has 1 heterocycles. The topological polar surface area (TPSA) is 49.8 Å². The summed E-state index contributed by atoms with van der Waals surface area (Å²) in [6.07, 6.45) is 3.83. The number of aliphatic hydroxyl groups is 1. The highest BCUT2D eigenvalue weighted by Gasteiger charge is 2.25. The molecule has 4 heteroatoms. The molecule has 0 radical (unpaired) electrons. The molecular formula is C10H19NO3. The number of aliphatic hydroxyl groups excluding tert-OH is 1. The second-order valence-corrected chi connectivity index (χ2v) is 3.58. The maximum Gasteiger partial charge on any atom is 0.410 e. The third kappa shape index (κ3) is 2.87. The van der Waals surface area contributed by atoms with Crippen LogP contribution in [-0.4, -0.2) is 41.9 Å². The number of likely N-dealkylation sites (tertiary alicyclic amines) is 1. The molecule has 0 aromatic carbocycles. The number of ether oxygens (including phenoxy) is 1. The van der Waals surface area contributed by atoms with E-state index < -0.39 is 0 Å². The van der Waals surface area contributed by atoms with E-state index in [0.29, 0.717) is 13.2 Å². The molecule has 0 aliphatic carbocycles. The molecule has 1 atom stereocenters. The molecule has 0 saturated carbocycles. The van der Waals surface area contributed by atoms with Gasteiger partial charge in [-0.05, 0) is 19.8 Å². The fourth-order valence-corrected chi connectivity index (χ4v) is 1.81. The number of hydrogen-bond acceptors (Lipinski definition) is 3. The Kier molecular flexibility index (Phi) is 4.73. The third-order valence-electron chi connectivity index (χ3n) is 2.59. The minimum absolute atomic E-state index is 0.0405. The van der Waals surface area contributed by atoms with Crippen LogP contribution in [0.4, 0.5) is 4.79 Å². The first kappa shape index (κ1) is 11.3. The summed E-state index contributed by atoms with van der Waals surface area (Å²) in [6, 6.07) is -0.0449. The summed E-state index contributed by atoms with van der Waals surface area (Å²) in [5.74, 6) is 0. The van der Waals surface area contributed by atoms with E-state index in [-0.39, 0.29) is 18.7 Å². The van der Waals surface area contributed by atoms with Gasteiger partial charge in [0.15, 0.2) is 0 Å². The smallest absolute Gasteiger partial charge is 0.410 e. The van der Waals surface area contributed by atoms with Crippen LogP contribution in [0.15, 0.2) is 0 Å². The van der Waals surface area contributed by atoms with Crippen LogP contribution in [0, 0.1) is 0 Å². The van der Waals surface area contributed by atoms with E-state index in [1.54, 1.807) is 11.8 Å². The summed E-state index contributed by atoms with van der Waals surface area (Å²) in [4.78, 5) is 13.2. The zero-order chi connectivity index (χ0) is 10.4. The molecule has 1 amide bonds. The Morgan fingerprint density at radius 1 is 1.50 bits per heavy atom. The number of carbonyl (C=O) groups is 1. The second kappa shape index (κ2) is 5.86. The van der Waals surface area contributed by atoms with E-state index in [0.717, 1.165) is 25.7 Å². The van der Waals surface area contributed by atoms with Crippen LogP contribution in [0.5, 0.6) is 0 Å². The summed E-state index contributed by atoms with van der Waals surface area (Å²) >= 11 is 0. The average Bonchev–Trinajstić information content (AvgIpc) is 2.42. The minimum Gasteiger partial charge on any atom is -0.450 e. The van der Waals surface area contributed by atoms with E-state index in [4.69, 9.17) is 9.84 Å². The highest BCUT2D eigenvalue weighted by molar-refractivity contribution is 5.68. The van der Waals surface area contributed by atoms with Crippen molar-refractivity contribution in [3.63, 3.8) is 0 Å². The summed E-state index contributed by atoms with van der Waals surface area (Å²) in [6.45, 7) is 2.94. The van der Waals surface area contributed by atoms with E-state index in [9.17, 15) is 4.79 Å². The van der Waals surface area contributed by atoms with Crippen molar-refractivity contribution in [3.8, 4) is 0 Å². The summed E-state index contributed by atoms with van der Waals surface area (Å²) in [5.41, 5.74) is 0. The molecule has 0 aromatic rings. The van der Waals surface area contributed by atoms with Gasteiger partial charge in [0.1, 0.15) is 0 Å². The second-order valence-electron chi connectivity index (χ2n) is 3.58. The predicted molar refractivity (Wildman–Crippen MR) is 53.1 cm³/mol. The Hall–Kier alpha value is -0.770. The largest absolute Gasteiger partial charge is 0.450 e. The van der Waals surface area contributed by atoms with Gasteiger partial charge in [-0.2, -0.15) is 0 Å². The molecule has 1 unspecified atom stereocenters. The van der Waals surface area contributed by atoms with Crippen LogP contribution in [0.25, 0.3) is 0 Å². The molecule has 1 rings (SSSR count). The van der Waals surface area contributed by atoms with Crippen molar-refractivity contribution in [2.75, 3.05) is 19.8 Å². The molecule has 4 nitrogen and oxygen atoms in total. The van der Waals surface area contributed by atoms with Gasteiger partial charge in [-0.3, -0.25) is 0 Å². The van der Waals surface area contributed by atoms with E-state index in [1.165, 1.54) is 0 Å². The SMILES string of the molecule is CCOC(=O)N1CCCCCC1CO. The molecule has 1 fully saturated rings. The summed E-state index contributed by atoms with van der Waals surface area (Å²) in [7, 11) is 0. The zero-order valence-corrected chi connectivity index (χ0v) is 8.74. The van der Waals surface area contributed by atoms with Gasteiger partial charge < -0.3 is 14.7 Å². The molecule has 1 aliphatic heterocycles. The Morgan fingerprint density at radius 2 is 2.29 bits per heavy atom. The Balaban J connectivity index is 2.55. The van der Waals surface area contributed by atoms with Gasteiger partial charge in [-0.15, -0.1) is 0 Å². The van der Waals surface area contributed by atoms with Crippen molar-refractivity contribution in [1.82, 2.24) is 4.90 Å². The van der Waals surface area contributed by atoms with Crippen LogP contribution in [-0.2, 0) is 4.74 Å². The monoisotopic (exact) mass is 201 g/mol. The Bertz CT molecular complexity index is 184. The summed E-state index contributed by atoms with van der Waals surface area (Å²) < 4.78 is 4.94. The molecule has 82 valence electrons. The van der Waals surface area contributed by atoms with E-state index in [2.05, 4.69) is 0 Å².